The quantitative estimate of drug-likeness (QED) is 0.752. The summed E-state index contributed by atoms with van der Waals surface area (Å²) in [4.78, 5) is 2.33. The number of phenols is 1. The minimum absolute atomic E-state index is 0.312. The summed E-state index contributed by atoms with van der Waals surface area (Å²) in [6, 6.07) is 5.60. The third-order valence-corrected chi connectivity index (χ3v) is 3.91. The molecule has 0 bridgehead atoms. The molecule has 3 heterocycles. The van der Waals surface area contributed by atoms with Gasteiger partial charge in [-0.1, -0.05) is 0 Å². The molecule has 3 atom stereocenters. The zero-order valence-corrected chi connectivity index (χ0v) is 11.3. The second kappa shape index (κ2) is 4.91. The number of rotatable bonds is 7. The third kappa shape index (κ3) is 3.06. The second-order valence-electron chi connectivity index (χ2n) is 5.79. The lowest BCUT2D eigenvalue weighted by Gasteiger charge is -2.26. The maximum Gasteiger partial charge on any atom is 0.116 e. The lowest BCUT2D eigenvalue weighted by atomic mass is 10.1. The zero-order valence-electron chi connectivity index (χ0n) is 11.3. The largest absolute Gasteiger partial charge is 0.508 e. The van der Waals surface area contributed by atoms with Crippen LogP contribution in [0, 0.1) is 0 Å². The highest BCUT2D eigenvalue weighted by Gasteiger charge is 2.32. The maximum atomic E-state index is 9.73. The van der Waals surface area contributed by atoms with Crippen molar-refractivity contribution < 1.29 is 19.3 Å². The van der Waals surface area contributed by atoms with Crippen LogP contribution < -0.4 is 4.90 Å². The molecular formula is C15H19NO4. The van der Waals surface area contributed by atoms with Gasteiger partial charge in [-0.15, -0.1) is 0 Å². The van der Waals surface area contributed by atoms with E-state index in [0.717, 1.165) is 44.9 Å². The highest BCUT2D eigenvalue weighted by Crippen LogP contribution is 2.31. The monoisotopic (exact) mass is 277 g/mol. The fourth-order valence-electron chi connectivity index (χ4n) is 2.58. The van der Waals surface area contributed by atoms with E-state index in [1.54, 1.807) is 6.07 Å². The van der Waals surface area contributed by atoms with Gasteiger partial charge in [0.15, 0.2) is 0 Å². The summed E-state index contributed by atoms with van der Waals surface area (Å²) in [6.07, 6.45) is 1.85. The van der Waals surface area contributed by atoms with Crippen molar-refractivity contribution in [3.63, 3.8) is 0 Å². The van der Waals surface area contributed by atoms with Crippen LogP contribution in [0.4, 0.5) is 5.69 Å². The molecule has 20 heavy (non-hydrogen) atoms. The van der Waals surface area contributed by atoms with E-state index in [9.17, 15) is 5.11 Å². The molecule has 1 N–H and O–H groups in total. The van der Waals surface area contributed by atoms with Crippen molar-refractivity contribution in [1.29, 1.82) is 0 Å². The molecule has 3 fully saturated rings. The third-order valence-electron chi connectivity index (χ3n) is 3.91. The van der Waals surface area contributed by atoms with Crippen LogP contribution in [0.2, 0.25) is 0 Å². The van der Waals surface area contributed by atoms with E-state index < -0.39 is 0 Å². The van der Waals surface area contributed by atoms with Crippen molar-refractivity contribution in [2.45, 2.75) is 24.7 Å². The van der Waals surface area contributed by atoms with Crippen molar-refractivity contribution in [2.75, 3.05) is 37.8 Å². The Balaban J connectivity index is 1.57. The average Bonchev–Trinajstić information content (AvgIpc) is 3.21. The summed E-state index contributed by atoms with van der Waals surface area (Å²) in [5, 5.41) is 9.73. The van der Waals surface area contributed by atoms with E-state index in [1.165, 1.54) is 5.69 Å². The summed E-state index contributed by atoms with van der Waals surface area (Å²) in [5.74, 6) is 0.315. The number of ether oxygens (including phenoxy) is 3. The van der Waals surface area contributed by atoms with Gasteiger partial charge in [0.05, 0.1) is 38.1 Å². The van der Waals surface area contributed by atoms with Gasteiger partial charge in [-0.3, -0.25) is 0 Å². The first-order chi connectivity index (χ1) is 9.78. The molecule has 0 radical (unpaired) electrons. The van der Waals surface area contributed by atoms with E-state index in [0.29, 0.717) is 24.1 Å². The molecule has 5 nitrogen and oxygen atoms in total. The summed E-state index contributed by atoms with van der Waals surface area (Å²) in [6.45, 7) is 4.31. The lowest BCUT2D eigenvalue weighted by Crippen LogP contribution is -2.32. The highest BCUT2D eigenvalue weighted by atomic mass is 16.6. The summed E-state index contributed by atoms with van der Waals surface area (Å²) >= 11 is 0. The summed E-state index contributed by atoms with van der Waals surface area (Å²) < 4.78 is 16.1. The number of nitrogens with zero attached hydrogens (tertiary/aromatic N) is 1. The van der Waals surface area contributed by atoms with Gasteiger partial charge in [-0.2, -0.15) is 0 Å². The van der Waals surface area contributed by atoms with Crippen molar-refractivity contribution in [3.05, 3.63) is 23.8 Å². The van der Waals surface area contributed by atoms with E-state index in [2.05, 4.69) is 4.90 Å². The minimum Gasteiger partial charge on any atom is -0.508 e. The van der Waals surface area contributed by atoms with E-state index >= 15 is 0 Å². The summed E-state index contributed by atoms with van der Waals surface area (Å²) in [7, 11) is 0. The Morgan fingerprint density at radius 2 is 1.60 bits per heavy atom. The van der Waals surface area contributed by atoms with Crippen LogP contribution in [0.5, 0.6) is 5.75 Å². The highest BCUT2D eigenvalue weighted by molar-refractivity contribution is 5.57. The molecule has 0 saturated carbocycles. The molecule has 3 saturated heterocycles. The lowest BCUT2D eigenvalue weighted by molar-refractivity contribution is 0.388. The van der Waals surface area contributed by atoms with Gasteiger partial charge in [-0.25, -0.2) is 0 Å². The van der Waals surface area contributed by atoms with Crippen molar-refractivity contribution in [2.24, 2.45) is 0 Å². The van der Waals surface area contributed by atoms with Crippen LogP contribution in [0.25, 0.3) is 0 Å². The maximum absolute atomic E-state index is 9.73. The molecule has 3 aliphatic rings. The van der Waals surface area contributed by atoms with Crippen molar-refractivity contribution in [1.82, 2.24) is 0 Å². The first-order valence-electron chi connectivity index (χ1n) is 7.19. The standard InChI is InChI=1S/C15H19NO4/c17-11-1-2-15(10(3-11)4-12-7-18-12)16(5-13-8-19-13)6-14-9-20-14/h1-3,12-14,17H,4-9H2. The Morgan fingerprint density at radius 3 is 2.15 bits per heavy atom. The first kappa shape index (κ1) is 12.4. The number of hydrogen-bond acceptors (Lipinski definition) is 5. The van der Waals surface area contributed by atoms with Crippen LogP contribution in [0.15, 0.2) is 18.2 Å². The molecule has 5 heteroatoms. The number of phenolic OH excluding ortho intramolecular Hbond substituents is 1. The van der Waals surface area contributed by atoms with Gasteiger partial charge in [0, 0.05) is 25.2 Å². The molecule has 0 aromatic heterocycles. The van der Waals surface area contributed by atoms with E-state index in [4.69, 9.17) is 14.2 Å². The molecule has 0 amide bonds. The topological polar surface area (TPSA) is 61.1 Å². The molecule has 1 aromatic carbocycles. The minimum atomic E-state index is 0.312. The Bertz CT molecular complexity index is 481. The zero-order chi connectivity index (χ0) is 13.5. The number of benzene rings is 1. The van der Waals surface area contributed by atoms with Crippen LogP contribution in [0.3, 0.4) is 0 Å². The van der Waals surface area contributed by atoms with Gasteiger partial charge in [-0.05, 0) is 23.8 Å². The van der Waals surface area contributed by atoms with E-state index in [1.807, 2.05) is 12.1 Å². The average molecular weight is 277 g/mol. The Kier molecular flexibility index (Phi) is 3.06. The molecular weight excluding hydrogens is 258 g/mol. The van der Waals surface area contributed by atoms with Crippen molar-refractivity contribution >= 4 is 5.69 Å². The second-order valence-corrected chi connectivity index (χ2v) is 5.79. The van der Waals surface area contributed by atoms with E-state index in [-0.39, 0.29) is 0 Å². The van der Waals surface area contributed by atoms with Crippen LogP contribution in [-0.4, -0.2) is 56.3 Å². The van der Waals surface area contributed by atoms with Crippen LogP contribution in [0.1, 0.15) is 5.56 Å². The Labute approximate surface area is 118 Å². The molecule has 0 aliphatic carbocycles. The molecule has 0 spiro atoms. The summed E-state index contributed by atoms with van der Waals surface area (Å²) in [5.41, 5.74) is 2.32. The van der Waals surface area contributed by atoms with Crippen molar-refractivity contribution in [3.8, 4) is 5.75 Å². The van der Waals surface area contributed by atoms with Gasteiger partial charge < -0.3 is 24.2 Å². The predicted molar refractivity (Wildman–Crippen MR) is 73.2 cm³/mol. The smallest absolute Gasteiger partial charge is 0.116 e. The Hall–Kier alpha value is -1.30. The number of anilines is 1. The van der Waals surface area contributed by atoms with Crippen LogP contribution in [-0.2, 0) is 20.6 Å². The predicted octanol–water partition coefficient (Wildman–Crippen LogP) is 0.937. The molecule has 108 valence electrons. The number of aromatic hydroxyl groups is 1. The van der Waals surface area contributed by atoms with Gasteiger partial charge in [0.2, 0.25) is 0 Å². The molecule has 4 rings (SSSR count). The number of hydrogen-bond donors (Lipinski definition) is 1. The van der Waals surface area contributed by atoms with Gasteiger partial charge >= 0.3 is 0 Å². The fraction of sp³-hybridized carbons (Fsp3) is 0.600. The first-order valence-corrected chi connectivity index (χ1v) is 7.19. The van der Waals surface area contributed by atoms with Crippen LogP contribution >= 0.6 is 0 Å². The molecule has 1 aromatic rings. The molecule has 3 unspecified atom stereocenters. The molecule has 3 aliphatic heterocycles. The van der Waals surface area contributed by atoms with Gasteiger partial charge in [0.1, 0.15) is 5.75 Å². The SMILES string of the molecule is Oc1ccc(N(CC2CO2)CC2CO2)c(CC2CO2)c1. The van der Waals surface area contributed by atoms with Gasteiger partial charge in [0.25, 0.3) is 0 Å². The Morgan fingerprint density at radius 1 is 1.00 bits per heavy atom. The number of epoxide rings is 3. The fourth-order valence-corrected chi connectivity index (χ4v) is 2.58. The normalized spacial score (nSPS) is 30.1.